The summed E-state index contributed by atoms with van der Waals surface area (Å²) in [5.41, 5.74) is 1.80. The molecule has 1 heterocycles. The van der Waals surface area contributed by atoms with Gasteiger partial charge in [-0.3, -0.25) is 0 Å². The summed E-state index contributed by atoms with van der Waals surface area (Å²) in [4.78, 5) is 0. The molecular formula is C20H23NO4. The van der Waals surface area contributed by atoms with E-state index < -0.39 is 0 Å². The normalized spacial score (nSPS) is 12.2. The minimum Gasteiger partial charge on any atom is -0.497 e. The quantitative estimate of drug-likeness (QED) is 0.694. The second-order valence-corrected chi connectivity index (χ2v) is 5.81. The first-order valence-corrected chi connectivity index (χ1v) is 8.17. The summed E-state index contributed by atoms with van der Waals surface area (Å²) >= 11 is 0. The van der Waals surface area contributed by atoms with Crippen molar-refractivity contribution < 1.29 is 18.6 Å². The third-order valence-corrected chi connectivity index (χ3v) is 4.26. The summed E-state index contributed by atoms with van der Waals surface area (Å²) in [6.07, 6.45) is 0. The van der Waals surface area contributed by atoms with E-state index in [0.717, 1.165) is 39.5 Å². The van der Waals surface area contributed by atoms with Crippen LogP contribution in [0.2, 0.25) is 0 Å². The summed E-state index contributed by atoms with van der Waals surface area (Å²) in [6.45, 7) is 2.70. The Morgan fingerprint density at radius 2 is 1.76 bits per heavy atom. The third kappa shape index (κ3) is 3.56. The van der Waals surface area contributed by atoms with Crippen molar-refractivity contribution in [3.8, 4) is 17.2 Å². The van der Waals surface area contributed by atoms with Gasteiger partial charge in [0.25, 0.3) is 0 Å². The molecule has 5 nitrogen and oxygen atoms in total. The van der Waals surface area contributed by atoms with Crippen LogP contribution in [0.3, 0.4) is 0 Å². The Morgan fingerprint density at radius 3 is 2.48 bits per heavy atom. The van der Waals surface area contributed by atoms with E-state index in [-0.39, 0.29) is 6.04 Å². The molecule has 5 heteroatoms. The molecule has 3 rings (SSSR count). The van der Waals surface area contributed by atoms with Gasteiger partial charge in [0.05, 0.1) is 27.4 Å². The highest BCUT2D eigenvalue weighted by molar-refractivity contribution is 5.83. The van der Waals surface area contributed by atoms with E-state index in [1.807, 2.05) is 42.5 Å². The predicted octanol–water partition coefficient (Wildman–Crippen LogP) is 4.31. The molecule has 132 valence electrons. The van der Waals surface area contributed by atoms with Gasteiger partial charge in [-0.1, -0.05) is 12.1 Å². The van der Waals surface area contributed by atoms with Crippen molar-refractivity contribution in [2.45, 2.75) is 19.5 Å². The van der Waals surface area contributed by atoms with Gasteiger partial charge in [0.1, 0.15) is 17.3 Å². The second kappa shape index (κ2) is 7.49. The standard InChI is InChI=1S/C20H23NO4/c1-13(19-11-14-6-5-7-18(24-4)20(14)25-19)21-12-15-10-16(22-2)8-9-17(15)23-3/h5-11,13,21H,12H2,1-4H3/t13-/m0/s1. The Bertz CT molecular complexity index is 856. The van der Waals surface area contributed by atoms with Gasteiger partial charge >= 0.3 is 0 Å². The SMILES string of the molecule is COc1ccc(OC)c(CN[C@@H](C)c2cc3cccc(OC)c3o2)c1. The van der Waals surface area contributed by atoms with Crippen LogP contribution < -0.4 is 19.5 Å². The number of rotatable bonds is 7. The van der Waals surface area contributed by atoms with E-state index in [2.05, 4.69) is 12.2 Å². The molecule has 0 bridgehead atoms. The Labute approximate surface area is 147 Å². The topological polar surface area (TPSA) is 52.9 Å². The molecule has 0 radical (unpaired) electrons. The molecular weight excluding hydrogens is 318 g/mol. The van der Waals surface area contributed by atoms with Crippen LogP contribution in [0, 0.1) is 0 Å². The van der Waals surface area contributed by atoms with Crippen LogP contribution in [0.25, 0.3) is 11.0 Å². The maximum atomic E-state index is 6.00. The highest BCUT2D eigenvalue weighted by Crippen LogP contribution is 2.31. The maximum Gasteiger partial charge on any atom is 0.176 e. The van der Waals surface area contributed by atoms with E-state index in [4.69, 9.17) is 18.6 Å². The highest BCUT2D eigenvalue weighted by atomic mass is 16.5. The molecule has 0 amide bonds. The molecule has 0 aliphatic rings. The van der Waals surface area contributed by atoms with Crippen LogP contribution in [0.5, 0.6) is 17.2 Å². The number of para-hydroxylation sites is 1. The summed E-state index contributed by atoms with van der Waals surface area (Å²) in [5.74, 6) is 3.23. The van der Waals surface area contributed by atoms with Gasteiger partial charge in [0, 0.05) is 17.5 Å². The number of ether oxygens (including phenoxy) is 3. The van der Waals surface area contributed by atoms with Crippen LogP contribution in [-0.2, 0) is 6.54 Å². The van der Waals surface area contributed by atoms with Crippen molar-refractivity contribution in [3.05, 3.63) is 53.8 Å². The molecule has 1 N–H and O–H groups in total. The van der Waals surface area contributed by atoms with Crippen molar-refractivity contribution >= 4 is 11.0 Å². The molecule has 0 aliphatic heterocycles. The molecule has 0 unspecified atom stereocenters. The summed E-state index contributed by atoms with van der Waals surface area (Å²) in [7, 11) is 4.97. The molecule has 1 aromatic heterocycles. The van der Waals surface area contributed by atoms with Crippen LogP contribution in [0.1, 0.15) is 24.3 Å². The number of hydrogen-bond acceptors (Lipinski definition) is 5. The molecule has 1 atom stereocenters. The molecule has 25 heavy (non-hydrogen) atoms. The fourth-order valence-corrected chi connectivity index (χ4v) is 2.81. The van der Waals surface area contributed by atoms with Crippen LogP contribution >= 0.6 is 0 Å². The van der Waals surface area contributed by atoms with Crippen LogP contribution in [-0.4, -0.2) is 21.3 Å². The number of furan rings is 1. The molecule has 0 fully saturated rings. The number of benzene rings is 2. The fourth-order valence-electron chi connectivity index (χ4n) is 2.81. The Morgan fingerprint density at radius 1 is 0.960 bits per heavy atom. The minimum atomic E-state index is 0.0352. The van der Waals surface area contributed by atoms with Crippen LogP contribution in [0.15, 0.2) is 46.9 Å². The number of fused-ring (bicyclic) bond motifs is 1. The summed E-state index contributed by atoms with van der Waals surface area (Å²) in [5, 5.41) is 4.50. The third-order valence-electron chi connectivity index (χ3n) is 4.26. The highest BCUT2D eigenvalue weighted by Gasteiger charge is 2.15. The zero-order valence-corrected chi connectivity index (χ0v) is 15.0. The number of hydrogen-bond donors (Lipinski definition) is 1. The predicted molar refractivity (Wildman–Crippen MR) is 97.6 cm³/mol. The van der Waals surface area contributed by atoms with Gasteiger partial charge in [-0.2, -0.15) is 0 Å². The van der Waals surface area contributed by atoms with Gasteiger partial charge in [-0.05, 0) is 37.3 Å². The molecule has 0 saturated heterocycles. The molecule has 0 saturated carbocycles. The Balaban J connectivity index is 1.78. The van der Waals surface area contributed by atoms with Crippen LogP contribution in [0.4, 0.5) is 0 Å². The van der Waals surface area contributed by atoms with Gasteiger partial charge in [0.2, 0.25) is 0 Å². The number of nitrogens with one attached hydrogen (secondary N) is 1. The van der Waals surface area contributed by atoms with E-state index in [9.17, 15) is 0 Å². The lowest BCUT2D eigenvalue weighted by atomic mass is 10.1. The average Bonchev–Trinajstić information content (AvgIpc) is 3.10. The molecule has 3 aromatic rings. The first-order valence-electron chi connectivity index (χ1n) is 8.17. The maximum absolute atomic E-state index is 6.00. The van der Waals surface area contributed by atoms with Gasteiger partial charge in [-0.15, -0.1) is 0 Å². The first kappa shape index (κ1) is 17.2. The lowest BCUT2D eigenvalue weighted by Gasteiger charge is -2.14. The van der Waals surface area contributed by atoms with Gasteiger partial charge < -0.3 is 23.9 Å². The second-order valence-electron chi connectivity index (χ2n) is 5.81. The molecule has 0 aliphatic carbocycles. The van der Waals surface area contributed by atoms with Crippen molar-refractivity contribution in [3.63, 3.8) is 0 Å². The Hall–Kier alpha value is -2.66. The van der Waals surface area contributed by atoms with E-state index in [0.29, 0.717) is 6.54 Å². The monoisotopic (exact) mass is 341 g/mol. The number of methoxy groups -OCH3 is 3. The zero-order valence-electron chi connectivity index (χ0n) is 15.0. The summed E-state index contributed by atoms with van der Waals surface area (Å²) < 4.78 is 22.1. The lowest BCUT2D eigenvalue weighted by molar-refractivity contribution is 0.389. The lowest BCUT2D eigenvalue weighted by Crippen LogP contribution is -2.18. The van der Waals surface area contributed by atoms with Crippen molar-refractivity contribution in [2.75, 3.05) is 21.3 Å². The van der Waals surface area contributed by atoms with E-state index >= 15 is 0 Å². The zero-order chi connectivity index (χ0) is 17.8. The van der Waals surface area contributed by atoms with E-state index in [1.54, 1.807) is 21.3 Å². The average molecular weight is 341 g/mol. The van der Waals surface area contributed by atoms with Crippen molar-refractivity contribution in [1.29, 1.82) is 0 Å². The largest absolute Gasteiger partial charge is 0.497 e. The summed E-state index contributed by atoms with van der Waals surface area (Å²) in [6, 6.07) is 13.7. The van der Waals surface area contributed by atoms with E-state index in [1.165, 1.54) is 0 Å². The van der Waals surface area contributed by atoms with Crippen molar-refractivity contribution in [2.24, 2.45) is 0 Å². The fraction of sp³-hybridized carbons (Fsp3) is 0.300. The van der Waals surface area contributed by atoms with Crippen molar-refractivity contribution in [1.82, 2.24) is 5.32 Å². The molecule has 2 aromatic carbocycles. The van der Waals surface area contributed by atoms with Gasteiger partial charge in [0.15, 0.2) is 11.3 Å². The Kier molecular flexibility index (Phi) is 5.14. The van der Waals surface area contributed by atoms with Gasteiger partial charge in [-0.25, -0.2) is 0 Å². The first-order chi connectivity index (χ1) is 12.2. The molecule has 0 spiro atoms. The smallest absolute Gasteiger partial charge is 0.176 e. The minimum absolute atomic E-state index is 0.0352.